The largest absolute Gasteiger partial charge is 0.466 e. The predicted octanol–water partition coefficient (Wildman–Crippen LogP) is 2.86. The van der Waals surface area contributed by atoms with Crippen molar-refractivity contribution < 1.29 is 9.53 Å². The topological polar surface area (TPSA) is 26.3 Å². The number of unbranched alkanes of at least 4 members (excludes halogenated alkanes) is 2. The number of rotatable bonds is 8. The summed E-state index contributed by atoms with van der Waals surface area (Å²) in [5.41, 5.74) is 0. The fraction of sp³-hybridized carbons (Fsp3) is 0.900. The third-order valence-corrected chi connectivity index (χ3v) is 2.66. The third kappa shape index (κ3) is 9.74. The third-order valence-electron chi connectivity index (χ3n) is 1.68. The lowest BCUT2D eigenvalue weighted by Crippen LogP contribution is -2.03. The van der Waals surface area contributed by atoms with Crippen molar-refractivity contribution in [3.63, 3.8) is 0 Å². The van der Waals surface area contributed by atoms with Gasteiger partial charge in [0.1, 0.15) is 0 Å². The van der Waals surface area contributed by atoms with Crippen molar-refractivity contribution >= 4 is 17.7 Å². The summed E-state index contributed by atoms with van der Waals surface area (Å²) in [6.45, 7) is 4.52. The molecule has 78 valence electrons. The van der Waals surface area contributed by atoms with E-state index >= 15 is 0 Å². The molecule has 0 radical (unpaired) electrons. The Morgan fingerprint density at radius 1 is 1.23 bits per heavy atom. The van der Waals surface area contributed by atoms with E-state index in [0.717, 1.165) is 12.8 Å². The van der Waals surface area contributed by atoms with Gasteiger partial charge in [-0.1, -0.05) is 13.3 Å². The second-order valence-electron chi connectivity index (χ2n) is 2.81. The molecule has 0 unspecified atom stereocenters. The van der Waals surface area contributed by atoms with E-state index in [1.165, 1.54) is 17.9 Å². The number of thioether (sulfide) groups is 1. The summed E-state index contributed by atoms with van der Waals surface area (Å²) >= 11 is 1.96. The van der Waals surface area contributed by atoms with Crippen molar-refractivity contribution in [3.05, 3.63) is 0 Å². The summed E-state index contributed by atoms with van der Waals surface area (Å²) in [4.78, 5) is 10.9. The van der Waals surface area contributed by atoms with Crippen LogP contribution in [0.1, 0.15) is 39.5 Å². The zero-order chi connectivity index (χ0) is 9.94. The number of esters is 1. The highest BCUT2D eigenvalue weighted by atomic mass is 32.2. The minimum Gasteiger partial charge on any atom is -0.466 e. The molecule has 0 aromatic carbocycles. The van der Waals surface area contributed by atoms with Gasteiger partial charge in [-0.05, 0) is 31.3 Å². The molecule has 0 aliphatic heterocycles. The average molecular weight is 204 g/mol. The van der Waals surface area contributed by atoms with Crippen LogP contribution in [0.4, 0.5) is 0 Å². The van der Waals surface area contributed by atoms with Gasteiger partial charge < -0.3 is 4.74 Å². The van der Waals surface area contributed by atoms with Crippen molar-refractivity contribution in [1.82, 2.24) is 0 Å². The van der Waals surface area contributed by atoms with E-state index in [9.17, 15) is 4.79 Å². The molecule has 0 bridgehead atoms. The Morgan fingerprint density at radius 2 is 2.00 bits per heavy atom. The average Bonchev–Trinajstić information content (AvgIpc) is 2.11. The Labute approximate surface area is 85.4 Å². The zero-order valence-corrected chi connectivity index (χ0v) is 9.49. The molecule has 0 aromatic rings. The van der Waals surface area contributed by atoms with Crippen LogP contribution < -0.4 is 0 Å². The van der Waals surface area contributed by atoms with Crippen molar-refractivity contribution in [2.24, 2.45) is 0 Å². The number of carbonyl (C=O) groups excluding carboxylic acids is 1. The van der Waals surface area contributed by atoms with Crippen LogP contribution in [0.15, 0.2) is 0 Å². The lowest BCUT2D eigenvalue weighted by molar-refractivity contribution is -0.143. The van der Waals surface area contributed by atoms with E-state index < -0.39 is 0 Å². The molecule has 0 N–H and O–H groups in total. The highest BCUT2D eigenvalue weighted by Gasteiger charge is 1.99. The van der Waals surface area contributed by atoms with E-state index in [4.69, 9.17) is 4.74 Å². The maximum absolute atomic E-state index is 10.9. The van der Waals surface area contributed by atoms with Crippen LogP contribution >= 0.6 is 11.8 Å². The molecule has 2 nitrogen and oxygen atoms in total. The number of carbonyl (C=O) groups is 1. The molecule has 0 aliphatic rings. The quantitative estimate of drug-likeness (QED) is 0.449. The van der Waals surface area contributed by atoms with Crippen LogP contribution in [-0.4, -0.2) is 24.1 Å². The van der Waals surface area contributed by atoms with Crippen molar-refractivity contribution in [3.8, 4) is 0 Å². The summed E-state index contributed by atoms with van der Waals surface area (Å²) in [6.07, 6.45) is 3.93. The first-order valence-electron chi connectivity index (χ1n) is 5.04. The van der Waals surface area contributed by atoms with Gasteiger partial charge in [0.2, 0.25) is 0 Å². The zero-order valence-electron chi connectivity index (χ0n) is 8.67. The fourth-order valence-electron chi connectivity index (χ4n) is 1.03. The van der Waals surface area contributed by atoms with E-state index in [2.05, 4.69) is 6.92 Å². The molecule has 0 heterocycles. The van der Waals surface area contributed by atoms with Gasteiger partial charge in [-0.3, -0.25) is 4.79 Å². The Hall–Kier alpha value is -0.180. The van der Waals surface area contributed by atoms with Gasteiger partial charge in [-0.15, -0.1) is 0 Å². The van der Waals surface area contributed by atoms with E-state index in [1.54, 1.807) is 0 Å². The summed E-state index contributed by atoms with van der Waals surface area (Å²) in [7, 11) is 0. The molecular formula is C10H20O2S. The Balaban J connectivity index is 3.02. The van der Waals surface area contributed by atoms with Gasteiger partial charge in [-0.2, -0.15) is 11.8 Å². The predicted molar refractivity (Wildman–Crippen MR) is 58.1 cm³/mol. The summed E-state index contributed by atoms with van der Waals surface area (Å²) in [5, 5.41) is 0. The molecule has 0 rings (SSSR count). The molecule has 13 heavy (non-hydrogen) atoms. The van der Waals surface area contributed by atoms with Gasteiger partial charge >= 0.3 is 5.97 Å². The first-order chi connectivity index (χ1) is 6.31. The maximum Gasteiger partial charge on any atom is 0.305 e. The second kappa shape index (κ2) is 9.90. The number of hydrogen-bond acceptors (Lipinski definition) is 3. The molecule has 0 saturated carbocycles. The van der Waals surface area contributed by atoms with Crippen molar-refractivity contribution in [1.29, 1.82) is 0 Å². The van der Waals surface area contributed by atoms with Crippen LogP contribution in [0.3, 0.4) is 0 Å². The molecule has 0 amide bonds. The standard InChI is InChI=1S/C10H20O2S/c1-3-12-10(11)8-6-5-7-9-13-4-2/h3-9H2,1-2H3. The van der Waals surface area contributed by atoms with E-state index in [0.29, 0.717) is 13.0 Å². The smallest absolute Gasteiger partial charge is 0.305 e. The minimum absolute atomic E-state index is 0.0503. The first kappa shape index (κ1) is 12.8. The van der Waals surface area contributed by atoms with Gasteiger partial charge in [0.05, 0.1) is 6.61 Å². The fourth-order valence-corrected chi connectivity index (χ4v) is 1.72. The Bertz CT molecular complexity index is 126. The molecule has 0 fully saturated rings. The van der Waals surface area contributed by atoms with Gasteiger partial charge in [0.15, 0.2) is 0 Å². The molecular weight excluding hydrogens is 184 g/mol. The van der Waals surface area contributed by atoms with Crippen LogP contribution in [0.25, 0.3) is 0 Å². The highest BCUT2D eigenvalue weighted by Crippen LogP contribution is 2.07. The van der Waals surface area contributed by atoms with Crippen LogP contribution in [0.2, 0.25) is 0 Å². The second-order valence-corrected chi connectivity index (χ2v) is 4.21. The van der Waals surface area contributed by atoms with Crippen LogP contribution in [0, 0.1) is 0 Å². The number of hydrogen-bond donors (Lipinski definition) is 0. The molecule has 3 heteroatoms. The molecule has 0 aromatic heterocycles. The summed E-state index contributed by atoms with van der Waals surface area (Å²) in [5.74, 6) is 2.36. The molecule has 0 saturated heterocycles. The van der Waals surface area contributed by atoms with Gasteiger partial charge in [0, 0.05) is 6.42 Å². The Morgan fingerprint density at radius 3 is 2.62 bits per heavy atom. The summed E-state index contributed by atoms with van der Waals surface area (Å²) in [6, 6.07) is 0. The first-order valence-corrected chi connectivity index (χ1v) is 6.20. The lowest BCUT2D eigenvalue weighted by atomic mass is 10.2. The highest BCUT2D eigenvalue weighted by molar-refractivity contribution is 7.99. The molecule has 0 atom stereocenters. The number of ether oxygens (including phenoxy) is 1. The van der Waals surface area contributed by atoms with Crippen molar-refractivity contribution in [2.45, 2.75) is 39.5 Å². The minimum atomic E-state index is -0.0503. The van der Waals surface area contributed by atoms with Crippen LogP contribution in [-0.2, 0) is 9.53 Å². The Kier molecular flexibility index (Phi) is 9.77. The van der Waals surface area contributed by atoms with Crippen LogP contribution in [0.5, 0.6) is 0 Å². The monoisotopic (exact) mass is 204 g/mol. The maximum atomic E-state index is 10.9. The van der Waals surface area contributed by atoms with E-state index in [1.807, 2.05) is 18.7 Å². The van der Waals surface area contributed by atoms with Crippen molar-refractivity contribution in [2.75, 3.05) is 18.1 Å². The lowest BCUT2D eigenvalue weighted by Gasteiger charge is -2.01. The summed E-state index contributed by atoms with van der Waals surface area (Å²) < 4.78 is 4.83. The SMILES string of the molecule is CCOC(=O)CCCCCSCC. The van der Waals surface area contributed by atoms with Gasteiger partial charge in [-0.25, -0.2) is 0 Å². The normalized spacial score (nSPS) is 10.0. The molecule has 0 spiro atoms. The molecule has 0 aliphatic carbocycles. The van der Waals surface area contributed by atoms with Gasteiger partial charge in [0.25, 0.3) is 0 Å². The van der Waals surface area contributed by atoms with E-state index in [-0.39, 0.29) is 5.97 Å².